The molecule has 1 unspecified atom stereocenters. The quantitative estimate of drug-likeness (QED) is 0.116. The van der Waals surface area contributed by atoms with Gasteiger partial charge in [0.25, 0.3) is 11.8 Å². The molecule has 1 heterocycles. The lowest BCUT2D eigenvalue weighted by molar-refractivity contribution is -0.122. The molecule has 0 aliphatic carbocycles. The van der Waals surface area contributed by atoms with Gasteiger partial charge in [0.2, 0.25) is 4.87 Å². The van der Waals surface area contributed by atoms with Crippen LogP contribution < -0.4 is 26.4 Å². The first-order valence-electron chi connectivity index (χ1n) is 13.3. The van der Waals surface area contributed by atoms with Crippen LogP contribution in [0.15, 0.2) is 91.1 Å². The third-order valence-electron chi connectivity index (χ3n) is 6.70. The van der Waals surface area contributed by atoms with E-state index in [1.165, 1.54) is 37.5 Å². The van der Waals surface area contributed by atoms with E-state index in [-0.39, 0.29) is 52.6 Å². The molecule has 11 nitrogen and oxygen atoms in total. The Kier molecular flexibility index (Phi) is 9.87. The minimum Gasteiger partial charge on any atom is -0.483 e. The van der Waals surface area contributed by atoms with Crippen LogP contribution >= 0.6 is 11.6 Å². The van der Waals surface area contributed by atoms with Crippen molar-refractivity contribution in [2.45, 2.75) is 11.4 Å². The van der Waals surface area contributed by atoms with Gasteiger partial charge in [-0.15, -0.1) is 0 Å². The number of aromatic nitrogens is 1. The largest absolute Gasteiger partial charge is 0.483 e. The second-order valence-corrected chi connectivity index (χ2v) is 12.4. The molecule has 1 atom stereocenters. The Morgan fingerprint density at radius 3 is 2.36 bits per heavy atom. The average molecular weight is 635 g/mol. The lowest BCUT2D eigenvalue weighted by Crippen LogP contribution is -2.44. The lowest BCUT2D eigenvalue weighted by Gasteiger charge is -2.34. The number of amidine groups is 1. The van der Waals surface area contributed by atoms with E-state index in [0.717, 1.165) is 6.26 Å². The van der Waals surface area contributed by atoms with Gasteiger partial charge in [-0.1, -0.05) is 60.1 Å². The summed E-state index contributed by atoms with van der Waals surface area (Å²) in [6.45, 7) is -0.275. The number of nitrogens with two attached hydrogens (primary N) is 1. The van der Waals surface area contributed by atoms with Crippen LogP contribution in [0.4, 0.5) is 5.69 Å². The fourth-order valence-electron chi connectivity index (χ4n) is 4.52. The summed E-state index contributed by atoms with van der Waals surface area (Å²) in [4.78, 5) is 27.7. The SMILES string of the molecule is CNC(=O)COc1cc(C(=N)N)ccc1CNC(=O)c1cc(Cl)cc(NC(c2ccccc2)(c2ccccn2)S(C)(=O)=O)c1. The molecule has 13 heteroatoms. The number of hydrogen-bond donors (Lipinski definition) is 5. The molecule has 4 aromatic rings. The number of carbonyl (C=O) groups excluding carboxylic acids is 2. The van der Waals surface area contributed by atoms with Gasteiger partial charge in [0.15, 0.2) is 16.4 Å². The summed E-state index contributed by atoms with van der Waals surface area (Å²) in [7, 11) is -2.46. The van der Waals surface area contributed by atoms with E-state index in [2.05, 4.69) is 20.9 Å². The number of benzene rings is 3. The number of anilines is 1. The number of carbonyl (C=O) groups is 2. The maximum Gasteiger partial charge on any atom is 0.257 e. The minimum absolute atomic E-state index is 0.000593. The summed E-state index contributed by atoms with van der Waals surface area (Å²) in [5.41, 5.74) is 7.60. The number of halogens is 1. The van der Waals surface area contributed by atoms with Crippen molar-refractivity contribution < 1.29 is 22.7 Å². The van der Waals surface area contributed by atoms with Crippen LogP contribution in [0.25, 0.3) is 0 Å². The monoisotopic (exact) mass is 634 g/mol. The number of amides is 2. The molecule has 0 aliphatic rings. The molecule has 0 bridgehead atoms. The Morgan fingerprint density at radius 1 is 1.00 bits per heavy atom. The number of ether oxygens (including phenoxy) is 1. The number of pyridine rings is 1. The zero-order chi connectivity index (χ0) is 31.9. The van der Waals surface area contributed by atoms with Gasteiger partial charge in [-0.2, -0.15) is 0 Å². The van der Waals surface area contributed by atoms with Crippen molar-refractivity contribution in [3.05, 3.63) is 124 Å². The zero-order valence-corrected chi connectivity index (χ0v) is 25.5. The number of sulfone groups is 1. The predicted octanol–water partition coefficient (Wildman–Crippen LogP) is 3.43. The van der Waals surface area contributed by atoms with Gasteiger partial charge < -0.3 is 26.4 Å². The normalized spacial score (nSPS) is 12.4. The minimum atomic E-state index is -3.93. The van der Waals surface area contributed by atoms with Gasteiger partial charge in [-0.25, -0.2) is 8.42 Å². The molecule has 0 fully saturated rings. The molecular weight excluding hydrogens is 604 g/mol. The average Bonchev–Trinajstić information content (AvgIpc) is 3.01. The Hall–Kier alpha value is -4.94. The van der Waals surface area contributed by atoms with Gasteiger partial charge in [-0.05, 0) is 42.0 Å². The number of nitrogen functional groups attached to an aromatic ring is 1. The molecule has 1 aromatic heterocycles. The van der Waals surface area contributed by atoms with Gasteiger partial charge >= 0.3 is 0 Å². The van der Waals surface area contributed by atoms with Gasteiger partial charge in [-0.3, -0.25) is 20.0 Å². The van der Waals surface area contributed by atoms with Crippen LogP contribution in [0.1, 0.15) is 32.7 Å². The smallest absolute Gasteiger partial charge is 0.257 e. The highest BCUT2D eigenvalue weighted by Crippen LogP contribution is 2.38. The molecule has 0 radical (unpaired) electrons. The van der Waals surface area contributed by atoms with E-state index in [4.69, 9.17) is 27.5 Å². The molecule has 6 N–H and O–H groups in total. The van der Waals surface area contributed by atoms with Crippen LogP contribution in [0, 0.1) is 5.41 Å². The van der Waals surface area contributed by atoms with E-state index >= 15 is 0 Å². The lowest BCUT2D eigenvalue weighted by atomic mass is 10.0. The molecule has 0 saturated heterocycles. The summed E-state index contributed by atoms with van der Waals surface area (Å²) in [6.07, 6.45) is 2.62. The van der Waals surface area contributed by atoms with Crippen LogP contribution in [0.2, 0.25) is 5.02 Å². The number of rotatable bonds is 12. The second kappa shape index (κ2) is 13.6. The Balaban J connectivity index is 1.66. The van der Waals surface area contributed by atoms with Gasteiger partial charge in [0, 0.05) is 53.4 Å². The van der Waals surface area contributed by atoms with E-state index in [9.17, 15) is 18.0 Å². The third-order valence-corrected chi connectivity index (χ3v) is 8.58. The highest BCUT2D eigenvalue weighted by Gasteiger charge is 2.46. The third kappa shape index (κ3) is 7.16. The number of hydrogen-bond acceptors (Lipinski definition) is 8. The zero-order valence-electron chi connectivity index (χ0n) is 23.9. The number of likely N-dealkylation sites (N-methyl/N-ethyl adjacent to an activating group) is 1. The molecule has 44 heavy (non-hydrogen) atoms. The van der Waals surface area contributed by atoms with Crippen LogP contribution in [0.5, 0.6) is 5.75 Å². The molecule has 0 spiro atoms. The second-order valence-electron chi connectivity index (χ2n) is 9.77. The topological polar surface area (TPSA) is 176 Å². The Morgan fingerprint density at radius 2 is 1.73 bits per heavy atom. The van der Waals surface area contributed by atoms with Crippen molar-refractivity contribution in [3.8, 4) is 5.75 Å². The van der Waals surface area contributed by atoms with E-state index in [1.54, 1.807) is 60.7 Å². The molecule has 0 aliphatic heterocycles. The van der Waals surface area contributed by atoms with Crippen LogP contribution in [-0.4, -0.2) is 51.0 Å². The Bertz CT molecular complexity index is 1750. The van der Waals surface area contributed by atoms with Crippen molar-refractivity contribution in [2.24, 2.45) is 5.73 Å². The molecule has 0 saturated carbocycles. The van der Waals surface area contributed by atoms with Crippen molar-refractivity contribution in [3.63, 3.8) is 0 Å². The van der Waals surface area contributed by atoms with Crippen LogP contribution in [0.3, 0.4) is 0 Å². The van der Waals surface area contributed by atoms with Gasteiger partial charge in [0.05, 0.1) is 5.69 Å². The summed E-state index contributed by atoms with van der Waals surface area (Å²) in [5, 5.41) is 16.3. The number of nitrogens with one attached hydrogen (secondary N) is 4. The molecule has 2 amide bonds. The van der Waals surface area contributed by atoms with E-state index in [0.29, 0.717) is 16.7 Å². The van der Waals surface area contributed by atoms with E-state index in [1.807, 2.05) is 0 Å². The van der Waals surface area contributed by atoms with Gasteiger partial charge in [0.1, 0.15) is 11.6 Å². The van der Waals surface area contributed by atoms with Crippen molar-refractivity contribution in [1.82, 2.24) is 15.6 Å². The first-order chi connectivity index (χ1) is 20.9. The Labute approximate surface area is 260 Å². The first kappa shape index (κ1) is 32.0. The van der Waals surface area contributed by atoms with E-state index < -0.39 is 20.6 Å². The molecule has 3 aromatic carbocycles. The predicted molar refractivity (Wildman–Crippen MR) is 170 cm³/mol. The van der Waals surface area contributed by atoms with Crippen molar-refractivity contribution in [1.29, 1.82) is 5.41 Å². The van der Waals surface area contributed by atoms with Crippen LogP contribution in [-0.2, 0) is 26.0 Å². The number of nitrogens with zero attached hydrogens (tertiary/aromatic N) is 1. The first-order valence-corrected chi connectivity index (χ1v) is 15.6. The molecule has 4 rings (SSSR count). The van der Waals surface area contributed by atoms with Crippen molar-refractivity contribution in [2.75, 3.05) is 25.2 Å². The maximum atomic E-state index is 13.6. The highest BCUT2D eigenvalue weighted by atomic mass is 35.5. The fourth-order valence-corrected chi connectivity index (χ4v) is 6.12. The summed E-state index contributed by atoms with van der Waals surface area (Å²) >= 11 is 6.43. The highest BCUT2D eigenvalue weighted by molar-refractivity contribution is 7.92. The standard InChI is InChI=1S/C31H31ClN6O5S/c1-35-28(39)19-43-26-16-20(29(33)34)11-12-21(26)18-37-30(40)22-14-24(32)17-25(15-22)38-31(44(2,41)42,23-8-4-3-5-9-23)27-10-6-7-13-36-27/h3-17,38H,18-19H2,1-2H3,(H3,33,34)(H,35,39)(H,37,40). The summed E-state index contributed by atoms with van der Waals surface area (Å²) < 4.78 is 32.7. The summed E-state index contributed by atoms with van der Waals surface area (Å²) in [5.74, 6) is -0.786. The van der Waals surface area contributed by atoms with Crippen molar-refractivity contribution >= 4 is 44.8 Å². The maximum absolute atomic E-state index is 13.6. The fraction of sp³-hybridized carbons (Fsp3) is 0.161. The molecular formula is C31H31ClN6O5S. The molecule has 228 valence electrons. The summed E-state index contributed by atoms with van der Waals surface area (Å²) in [6, 6.07) is 22.8.